The van der Waals surface area contributed by atoms with E-state index in [-0.39, 0.29) is 0 Å². The third-order valence-corrected chi connectivity index (χ3v) is 3.57. The van der Waals surface area contributed by atoms with Crippen molar-refractivity contribution in [1.29, 1.82) is 0 Å². The second kappa shape index (κ2) is 4.05. The standard InChI is InChI=1S/C14H16N2O2/c1-8-7-11(8)13-12(14(15)16-18-13)9-3-5-10(17-2)6-4-9/h3-6,8,11H,7H2,1-2H3,(H2,15,16). The van der Waals surface area contributed by atoms with E-state index in [0.717, 1.165) is 29.1 Å². The number of methoxy groups -OCH3 is 1. The van der Waals surface area contributed by atoms with Gasteiger partial charge in [-0.25, -0.2) is 0 Å². The highest BCUT2D eigenvalue weighted by atomic mass is 16.5. The zero-order valence-electron chi connectivity index (χ0n) is 10.5. The Hall–Kier alpha value is -1.97. The average molecular weight is 244 g/mol. The Morgan fingerprint density at radius 3 is 2.56 bits per heavy atom. The van der Waals surface area contributed by atoms with Crippen LogP contribution < -0.4 is 10.5 Å². The van der Waals surface area contributed by atoms with Crippen molar-refractivity contribution in [1.82, 2.24) is 5.16 Å². The highest BCUT2D eigenvalue weighted by Gasteiger charge is 2.40. The molecule has 0 spiro atoms. The highest BCUT2D eigenvalue weighted by molar-refractivity contribution is 5.76. The number of rotatable bonds is 3. The van der Waals surface area contributed by atoms with Crippen molar-refractivity contribution in [3.05, 3.63) is 30.0 Å². The van der Waals surface area contributed by atoms with Gasteiger partial charge in [0.25, 0.3) is 0 Å². The molecule has 0 amide bonds. The number of benzene rings is 1. The maximum atomic E-state index is 5.92. The van der Waals surface area contributed by atoms with Gasteiger partial charge in [-0.3, -0.25) is 0 Å². The highest BCUT2D eigenvalue weighted by Crippen LogP contribution is 2.51. The molecule has 1 heterocycles. The van der Waals surface area contributed by atoms with E-state index in [0.29, 0.717) is 17.7 Å². The maximum absolute atomic E-state index is 5.92. The van der Waals surface area contributed by atoms with Gasteiger partial charge in [-0.15, -0.1) is 0 Å². The first-order valence-corrected chi connectivity index (χ1v) is 6.10. The molecule has 0 bridgehead atoms. The first-order chi connectivity index (χ1) is 8.70. The van der Waals surface area contributed by atoms with Gasteiger partial charge < -0.3 is 15.0 Å². The van der Waals surface area contributed by atoms with E-state index in [9.17, 15) is 0 Å². The summed E-state index contributed by atoms with van der Waals surface area (Å²) < 4.78 is 10.5. The summed E-state index contributed by atoms with van der Waals surface area (Å²) in [6.45, 7) is 2.21. The summed E-state index contributed by atoms with van der Waals surface area (Å²) in [6, 6.07) is 7.81. The van der Waals surface area contributed by atoms with Crippen molar-refractivity contribution in [2.24, 2.45) is 5.92 Å². The smallest absolute Gasteiger partial charge is 0.175 e. The van der Waals surface area contributed by atoms with E-state index >= 15 is 0 Å². The normalized spacial score (nSPS) is 21.9. The molecule has 1 fully saturated rings. The second-order valence-electron chi connectivity index (χ2n) is 4.86. The van der Waals surface area contributed by atoms with Gasteiger partial charge in [-0.05, 0) is 30.0 Å². The Balaban J connectivity index is 2.02. The van der Waals surface area contributed by atoms with Crippen LogP contribution in [0, 0.1) is 5.92 Å². The van der Waals surface area contributed by atoms with Crippen molar-refractivity contribution >= 4 is 5.82 Å². The predicted molar refractivity (Wildman–Crippen MR) is 69.4 cm³/mol. The lowest BCUT2D eigenvalue weighted by Crippen LogP contribution is -1.90. The Kier molecular flexibility index (Phi) is 2.51. The molecule has 4 nitrogen and oxygen atoms in total. The van der Waals surface area contributed by atoms with Crippen LogP contribution in [0.3, 0.4) is 0 Å². The average Bonchev–Trinajstić information content (AvgIpc) is 2.99. The monoisotopic (exact) mass is 244 g/mol. The number of hydrogen-bond acceptors (Lipinski definition) is 4. The molecular formula is C14H16N2O2. The van der Waals surface area contributed by atoms with Crippen LogP contribution in [0.4, 0.5) is 5.82 Å². The molecule has 1 aromatic carbocycles. The molecule has 1 aliphatic rings. The molecule has 94 valence electrons. The van der Waals surface area contributed by atoms with Crippen LogP contribution in [0.25, 0.3) is 11.1 Å². The van der Waals surface area contributed by atoms with Crippen molar-refractivity contribution in [3.8, 4) is 16.9 Å². The Bertz CT molecular complexity index is 560. The molecule has 0 radical (unpaired) electrons. The quantitative estimate of drug-likeness (QED) is 0.901. The van der Waals surface area contributed by atoms with Gasteiger partial charge in [-0.2, -0.15) is 0 Å². The number of anilines is 1. The fraction of sp³-hybridized carbons (Fsp3) is 0.357. The maximum Gasteiger partial charge on any atom is 0.175 e. The molecule has 3 rings (SSSR count). The molecule has 1 aromatic heterocycles. The molecule has 4 heteroatoms. The van der Waals surface area contributed by atoms with Crippen molar-refractivity contribution < 1.29 is 9.26 Å². The third-order valence-electron chi connectivity index (χ3n) is 3.57. The van der Waals surface area contributed by atoms with Crippen LogP contribution in [-0.2, 0) is 0 Å². The van der Waals surface area contributed by atoms with E-state index in [1.807, 2.05) is 24.3 Å². The van der Waals surface area contributed by atoms with E-state index < -0.39 is 0 Å². The second-order valence-corrected chi connectivity index (χ2v) is 4.86. The summed E-state index contributed by atoms with van der Waals surface area (Å²) in [5, 5.41) is 3.90. The van der Waals surface area contributed by atoms with Gasteiger partial charge in [0.2, 0.25) is 0 Å². The molecule has 2 N–H and O–H groups in total. The molecule has 0 aliphatic heterocycles. The van der Waals surface area contributed by atoms with Crippen LogP contribution in [0.15, 0.2) is 28.8 Å². The fourth-order valence-corrected chi connectivity index (χ4v) is 2.30. The van der Waals surface area contributed by atoms with Gasteiger partial charge in [0.05, 0.1) is 12.7 Å². The third kappa shape index (κ3) is 1.74. The Morgan fingerprint density at radius 2 is 2.00 bits per heavy atom. The van der Waals surface area contributed by atoms with Crippen molar-refractivity contribution in [2.45, 2.75) is 19.3 Å². The predicted octanol–water partition coefficient (Wildman–Crippen LogP) is 3.06. The van der Waals surface area contributed by atoms with Crippen LogP contribution in [0.5, 0.6) is 5.75 Å². The molecule has 2 unspecified atom stereocenters. The van der Waals surface area contributed by atoms with E-state index in [4.69, 9.17) is 15.0 Å². The number of hydrogen-bond donors (Lipinski definition) is 1. The van der Waals surface area contributed by atoms with E-state index in [1.54, 1.807) is 7.11 Å². The molecule has 1 saturated carbocycles. The lowest BCUT2D eigenvalue weighted by Gasteiger charge is -2.04. The largest absolute Gasteiger partial charge is 0.497 e. The topological polar surface area (TPSA) is 61.3 Å². The van der Waals surface area contributed by atoms with Gasteiger partial charge >= 0.3 is 0 Å². The van der Waals surface area contributed by atoms with Crippen LogP contribution in [0.2, 0.25) is 0 Å². The molecular weight excluding hydrogens is 228 g/mol. The number of aromatic nitrogens is 1. The number of nitrogens with two attached hydrogens (primary N) is 1. The molecule has 0 saturated heterocycles. The molecule has 2 aromatic rings. The summed E-state index contributed by atoms with van der Waals surface area (Å²) in [4.78, 5) is 0. The minimum atomic E-state index is 0.465. The summed E-state index contributed by atoms with van der Waals surface area (Å²) >= 11 is 0. The van der Waals surface area contributed by atoms with Crippen LogP contribution >= 0.6 is 0 Å². The zero-order chi connectivity index (χ0) is 12.7. The van der Waals surface area contributed by atoms with Gasteiger partial charge in [0.15, 0.2) is 5.82 Å². The Labute approximate surface area is 106 Å². The van der Waals surface area contributed by atoms with Crippen LogP contribution in [0.1, 0.15) is 25.0 Å². The van der Waals surface area contributed by atoms with E-state index in [2.05, 4.69) is 12.1 Å². The van der Waals surface area contributed by atoms with Gasteiger partial charge in [0, 0.05) is 5.92 Å². The zero-order valence-corrected chi connectivity index (χ0v) is 10.5. The first-order valence-electron chi connectivity index (χ1n) is 6.10. The molecule has 2 atom stereocenters. The van der Waals surface area contributed by atoms with E-state index in [1.165, 1.54) is 0 Å². The van der Waals surface area contributed by atoms with Crippen molar-refractivity contribution in [2.75, 3.05) is 12.8 Å². The molecule has 18 heavy (non-hydrogen) atoms. The minimum Gasteiger partial charge on any atom is -0.497 e. The van der Waals surface area contributed by atoms with Crippen LogP contribution in [-0.4, -0.2) is 12.3 Å². The van der Waals surface area contributed by atoms with Gasteiger partial charge in [-0.1, -0.05) is 24.2 Å². The Morgan fingerprint density at radius 1 is 1.33 bits per heavy atom. The fourth-order valence-electron chi connectivity index (χ4n) is 2.30. The summed E-state index contributed by atoms with van der Waals surface area (Å²) in [5.41, 5.74) is 7.89. The summed E-state index contributed by atoms with van der Waals surface area (Å²) in [5.74, 6) is 3.34. The number of nitrogen functional groups attached to an aromatic ring is 1. The number of nitrogens with zero attached hydrogens (tertiary/aromatic N) is 1. The minimum absolute atomic E-state index is 0.465. The van der Waals surface area contributed by atoms with Gasteiger partial charge in [0.1, 0.15) is 11.5 Å². The molecule has 1 aliphatic carbocycles. The summed E-state index contributed by atoms with van der Waals surface area (Å²) in [7, 11) is 1.65. The lowest BCUT2D eigenvalue weighted by atomic mass is 10.0. The first kappa shape index (κ1) is 11.1. The summed E-state index contributed by atoms with van der Waals surface area (Å²) in [6.07, 6.45) is 1.15. The number of ether oxygens (including phenoxy) is 1. The lowest BCUT2D eigenvalue weighted by molar-refractivity contribution is 0.384. The van der Waals surface area contributed by atoms with Crippen molar-refractivity contribution in [3.63, 3.8) is 0 Å². The SMILES string of the molecule is COc1ccc(-c2c(N)noc2C2CC2C)cc1.